The van der Waals surface area contributed by atoms with Crippen LogP contribution in [-0.2, 0) is 48.0 Å². The molecule has 4 aromatic rings. The molecule has 0 saturated carbocycles. The van der Waals surface area contributed by atoms with E-state index in [-0.39, 0.29) is 121 Å². The number of cyclic esters (lactones) is 1. The first-order chi connectivity index (χ1) is 34.4. The summed E-state index contributed by atoms with van der Waals surface area (Å²) in [5.41, 5.74) is 10.4. The molecule has 6 bridgehead atoms. The molecule has 7 heterocycles. The second kappa shape index (κ2) is 27.1. The molecule has 9 rings (SSSR count). The number of esters is 1. The smallest absolute Gasteiger partial charge is 0.324 e. The van der Waals surface area contributed by atoms with Crippen LogP contribution in [0.3, 0.4) is 0 Å². The molecule has 2 aromatic carbocycles. The van der Waals surface area contributed by atoms with Gasteiger partial charge in [-0.15, -0.1) is 0 Å². The SMILES string of the molecule is CCn1c(-c2cccnc2[C@H](C)OC)c2c3cc(ccc31)-c1cccc(c1)C[C@H](NC(=O)[C@H](C(C)C)N1CC[C@]3(CCN(C(=O)C#CC(C)(C)N4CCC4)C3)C1)C(=O)N1CCC[C@H](N1)C(=O)OCC(C)(C)C2.S.S.S.S.S. The lowest BCUT2D eigenvalue weighted by molar-refractivity contribution is -0.155. The first-order valence-corrected chi connectivity index (χ1v) is 26.5. The average molecular weight is 1150 g/mol. The summed E-state index contributed by atoms with van der Waals surface area (Å²) >= 11 is 0. The van der Waals surface area contributed by atoms with Crippen LogP contribution in [0.25, 0.3) is 33.3 Å². The van der Waals surface area contributed by atoms with Crippen molar-refractivity contribution in [3.8, 4) is 34.2 Å². The van der Waals surface area contributed by atoms with Crippen LogP contribution in [-0.4, -0.2) is 136 Å². The number of aryl methyl sites for hydroxylation is 1. The van der Waals surface area contributed by atoms with E-state index in [1.54, 1.807) is 7.11 Å². The quantitative estimate of drug-likeness (QED) is 0.126. The molecule has 5 aliphatic heterocycles. The summed E-state index contributed by atoms with van der Waals surface area (Å²) in [7, 11) is 1.71. The van der Waals surface area contributed by atoms with Crippen LogP contribution in [0.2, 0.25) is 0 Å². The third kappa shape index (κ3) is 14.0. The third-order valence-corrected chi connectivity index (χ3v) is 16.2. The molecule has 1 spiro atoms. The predicted molar refractivity (Wildman–Crippen MR) is 332 cm³/mol. The normalized spacial score (nSPS) is 22.3. The summed E-state index contributed by atoms with van der Waals surface area (Å²) in [6.07, 6.45) is 6.43. The minimum absolute atomic E-state index is 0. The number of likely N-dealkylation sites (tertiary alicyclic amines) is 3. The molecular weight excluding hydrogens is 1070 g/mol. The first-order valence-electron chi connectivity index (χ1n) is 26.5. The summed E-state index contributed by atoms with van der Waals surface area (Å²) in [6.45, 7) is 22.7. The number of nitrogens with zero attached hydrogens (tertiary/aromatic N) is 6. The summed E-state index contributed by atoms with van der Waals surface area (Å²) in [6, 6.07) is 16.8. The van der Waals surface area contributed by atoms with Gasteiger partial charge in [0.2, 0.25) is 5.91 Å². The number of carbonyl (C=O) groups is 4. The number of methoxy groups -OCH3 is 1. The van der Waals surface area contributed by atoms with Gasteiger partial charge >= 0.3 is 5.97 Å². The van der Waals surface area contributed by atoms with Crippen LogP contribution in [0.15, 0.2) is 60.8 Å². The number of hydrogen-bond acceptors (Lipinski definition) is 10. The van der Waals surface area contributed by atoms with Gasteiger partial charge in [-0.05, 0) is 131 Å². The Balaban J connectivity index is 0.00000256. The predicted octanol–water partition coefficient (Wildman–Crippen LogP) is 7.75. The number of nitrogens with one attached hydrogen (secondary N) is 2. The van der Waals surface area contributed by atoms with Crippen molar-refractivity contribution in [1.82, 2.24) is 40.0 Å². The van der Waals surface area contributed by atoms with Crippen LogP contribution < -0.4 is 10.7 Å². The van der Waals surface area contributed by atoms with E-state index in [1.165, 1.54) is 5.01 Å². The van der Waals surface area contributed by atoms with E-state index >= 15 is 0 Å². The maximum Gasteiger partial charge on any atom is 0.324 e. The summed E-state index contributed by atoms with van der Waals surface area (Å²) in [4.78, 5) is 68.6. The van der Waals surface area contributed by atoms with Crippen molar-refractivity contribution in [3.63, 3.8) is 0 Å². The molecule has 0 radical (unpaired) electrons. The van der Waals surface area contributed by atoms with Crippen LogP contribution in [0.1, 0.15) is 110 Å². The van der Waals surface area contributed by atoms with E-state index in [0.717, 1.165) is 89.0 Å². The maximum atomic E-state index is 14.9. The van der Waals surface area contributed by atoms with Gasteiger partial charge in [-0.2, -0.15) is 67.5 Å². The fourth-order valence-electron chi connectivity index (χ4n) is 12.0. The molecule has 2 N–H and O–H groups in total. The standard InChI is InChI=1S/C58H76N8O6.5H2S/c1-10-65-48-20-19-42-33-44(48)45(52(65)43-17-12-25-59-50(43)39(4)71-9)34-56(5,6)37-72-55(70)46-18-13-28-66(61-46)54(69)47(32-40-15-11-16-41(42)31-40)60-53(68)51(38(2)3)63-30-24-58(36-63)23-29-62(35-58)49(67)21-22-57(7,8)64-26-14-27-64;;;;;/h11-12,15-17,19-20,25,31,33,38-39,46-47,51,61H,10,13-14,18,23-24,26-30,32,34-37H2,1-9H3,(H,60,68);5*1H2/t39-,46-,47-,51-,58-;;;;;/m0...../s1. The highest BCUT2D eigenvalue weighted by atomic mass is 32.1. The molecule has 0 aliphatic carbocycles. The largest absolute Gasteiger partial charge is 0.464 e. The number of carbonyl (C=O) groups excluding carboxylic acids is 4. The molecule has 14 nitrogen and oxygen atoms in total. The molecule has 5 atom stereocenters. The van der Waals surface area contributed by atoms with E-state index in [1.807, 2.05) is 36.2 Å². The third-order valence-electron chi connectivity index (χ3n) is 16.2. The molecule has 2 aromatic heterocycles. The molecule has 77 heavy (non-hydrogen) atoms. The zero-order valence-electron chi connectivity index (χ0n) is 46.6. The fourth-order valence-corrected chi connectivity index (χ4v) is 12.0. The van der Waals surface area contributed by atoms with Crippen LogP contribution in [0.5, 0.6) is 0 Å². The van der Waals surface area contributed by atoms with Gasteiger partial charge in [-0.1, -0.05) is 63.9 Å². The lowest BCUT2D eigenvalue weighted by atomic mass is 9.84. The van der Waals surface area contributed by atoms with Crippen molar-refractivity contribution in [2.75, 3.05) is 59.5 Å². The molecular formula is C58H86N8O6S5. The summed E-state index contributed by atoms with van der Waals surface area (Å²) < 4.78 is 14.4. The number of aromatic nitrogens is 2. The van der Waals surface area contributed by atoms with Gasteiger partial charge < -0.3 is 24.3 Å². The number of benzene rings is 2. The molecule has 5 aliphatic rings. The van der Waals surface area contributed by atoms with Crippen molar-refractivity contribution >= 4 is 102 Å². The lowest BCUT2D eigenvalue weighted by Gasteiger charge is -2.41. The Hall–Kier alpha value is -3.84. The summed E-state index contributed by atoms with van der Waals surface area (Å²) in [5.74, 6) is 5.13. The van der Waals surface area contributed by atoms with Gasteiger partial charge in [-0.3, -0.25) is 39.0 Å². The van der Waals surface area contributed by atoms with E-state index in [9.17, 15) is 19.2 Å². The molecule has 4 saturated heterocycles. The Kier molecular flexibility index (Phi) is 23.1. The van der Waals surface area contributed by atoms with Gasteiger partial charge in [0.1, 0.15) is 12.1 Å². The number of ether oxygens (including phenoxy) is 2. The van der Waals surface area contributed by atoms with Gasteiger partial charge in [0.25, 0.3) is 11.8 Å². The van der Waals surface area contributed by atoms with Gasteiger partial charge in [0.15, 0.2) is 0 Å². The minimum atomic E-state index is -0.928. The van der Waals surface area contributed by atoms with E-state index in [0.29, 0.717) is 52.0 Å². The average Bonchev–Trinajstić information content (AvgIpc) is 4.05. The molecule has 19 heteroatoms. The van der Waals surface area contributed by atoms with Crippen molar-refractivity contribution in [2.45, 2.75) is 137 Å². The van der Waals surface area contributed by atoms with Gasteiger partial charge in [0.05, 0.1) is 35.7 Å². The molecule has 3 amide bonds. The number of pyridine rings is 1. The Morgan fingerprint density at radius 2 is 1.65 bits per heavy atom. The van der Waals surface area contributed by atoms with Crippen LogP contribution in [0, 0.1) is 28.6 Å². The molecule has 4 fully saturated rings. The zero-order valence-corrected chi connectivity index (χ0v) is 51.6. The second-order valence-corrected chi connectivity index (χ2v) is 22.9. The fraction of sp³-hybridized carbons (Fsp3) is 0.569. The number of amides is 3. The van der Waals surface area contributed by atoms with Crippen molar-refractivity contribution in [3.05, 3.63) is 77.6 Å². The number of rotatable bonds is 9. The van der Waals surface area contributed by atoms with Crippen molar-refractivity contribution < 1.29 is 28.7 Å². The Labute approximate surface area is 492 Å². The van der Waals surface area contributed by atoms with Crippen molar-refractivity contribution in [2.24, 2.45) is 16.7 Å². The molecule has 0 unspecified atom stereocenters. The highest BCUT2D eigenvalue weighted by Gasteiger charge is 2.48. The highest BCUT2D eigenvalue weighted by molar-refractivity contribution is 7.60. The Morgan fingerprint density at radius 1 is 0.922 bits per heavy atom. The van der Waals surface area contributed by atoms with Gasteiger partial charge in [-0.25, -0.2) is 5.43 Å². The van der Waals surface area contributed by atoms with Gasteiger partial charge in [0, 0.05) is 92.8 Å². The minimum Gasteiger partial charge on any atom is -0.464 e. The highest BCUT2D eigenvalue weighted by Crippen LogP contribution is 2.43. The Bertz CT molecular complexity index is 2790. The zero-order chi connectivity index (χ0) is 51.1. The van der Waals surface area contributed by atoms with Crippen LogP contribution >= 0.6 is 67.5 Å². The van der Waals surface area contributed by atoms with E-state index < -0.39 is 29.5 Å². The molecule has 424 valence electrons. The van der Waals surface area contributed by atoms with Crippen molar-refractivity contribution in [1.29, 1.82) is 0 Å². The van der Waals surface area contributed by atoms with E-state index in [2.05, 4.69) is 122 Å². The van der Waals surface area contributed by atoms with E-state index in [4.69, 9.17) is 14.5 Å². The topological polar surface area (TPSA) is 142 Å². The Morgan fingerprint density at radius 3 is 2.34 bits per heavy atom. The lowest BCUT2D eigenvalue weighted by Crippen LogP contribution is -2.62. The second-order valence-electron chi connectivity index (χ2n) is 22.9. The number of fused-ring (bicyclic) bond motifs is 6. The maximum absolute atomic E-state index is 14.9. The monoisotopic (exact) mass is 1150 g/mol. The summed E-state index contributed by atoms with van der Waals surface area (Å²) in [5, 5.41) is 5.91. The number of hydrazine groups is 1. The van der Waals surface area contributed by atoms with Crippen LogP contribution in [0.4, 0.5) is 0 Å². The number of hydrogen-bond donors (Lipinski definition) is 2. The first kappa shape index (κ1) is 65.7.